The van der Waals surface area contributed by atoms with E-state index < -0.39 is 48.2 Å². The molecule has 3 rings (SSSR count). The summed E-state index contributed by atoms with van der Waals surface area (Å²) in [7, 11) is 2.90. The average molecular weight is 792 g/mol. The number of ether oxygens (including phenoxy) is 3. The average Bonchev–Trinajstić information content (AvgIpc) is 3.13. The maximum Gasteiger partial charge on any atom is 0.405 e. The quantitative estimate of drug-likeness (QED) is 0.0710. The number of amides is 3. The number of nitrogens with one attached hydrogen (secondary N) is 2. The van der Waals surface area contributed by atoms with Crippen LogP contribution in [0, 0.1) is 11.8 Å². The van der Waals surface area contributed by atoms with Crippen molar-refractivity contribution in [1.29, 1.82) is 0 Å². The van der Waals surface area contributed by atoms with Gasteiger partial charge in [-0.3, -0.25) is 9.59 Å². The van der Waals surface area contributed by atoms with Crippen LogP contribution in [-0.4, -0.2) is 96.7 Å². The molecule has 1 aliphatic rings. The van der Waals surface area contributed by atoms with Crippen molar-refractivity contribution in [2.45, 2.75) is 65.0 Å². The molecule has 54 heavy (non-hydrogen) atoms. The molecule has 15 heteroatoms. The number of halogens is 2. The summed E-state index contributed by atoms with van der Waals surface area (Å²) < 4.78 is 16.7. The fraction of sp³-hybridized carbons (Fsp3) is 0.462. The molecule has 0 aliphatic carbocycles. The number of methoxy groups -OCH3 is 2. The van der Waals surface area contributed by atoms with Crippen LogP contribution in [0.2, 0.25) is 0 Å². The van der Waals surface area contributed by atoms with Crippen molar-refractivity contribution in [3.63, 3.8) is 0 Å². The first-order valence-corrected chi connectivity index (χ1v) is 18.6. The first kappa shape index (κ1) is 44.1. The Labute approximate surface area is 326 Å². The Hall–Kier alpha value is -4.27. The van der Waals surface area contributed by atoms with E-state index in [1.54, 1.807) is 63.3 Å². The Morgan fingerprint density at radius 2 is 1.70 bits per heavy atom. The molecule has 3 amide bonds. The number of aromatic hydroxyl groups is 2. The molecule has 0 aromatic heterocycles. The number of aliphatic hydroxyl groups is 1. The third kappa shape index (κ3) is 11.9. The molecule has 1 aliphatic heterocycles. The van der Waals surface area contributed by atoms with Gasteiger partial charge in [0.1, 0.15) is 17.6 Å². The lowest BCUT2D eigenvalue weighted by molar-refractivity contribution is -0.112. The van der Waals surface area contributed by atoms with Gasteiger partial charge in [-0.15, -0.1) is 23.2 Å². The van der Waals surface area contributed by atoms with E-state index in [4.69, 9.17) is 43.1 Å². The monoisotopic (exact) mass is 790 g/mol. The number of nitrogens with zero attached hydrogens (tertiary/aromatic N) is 1. The second-order valence-corrected chi connectivity index (χ2v) is 14.1. The number of carbonyl (C=O) groups is 3. The van der Waals surface area contributed by atoms with Gasteiger partial charge in [-0.2, -0.15) is 0 Å². The van der Waals surface area contributed by atoms with Crippen molar-refractivity contribution in [2.75, 3.05) is 54.6 Å². The van der Waals surface area contributed by atoms with Gasteiger partial charge < -0.3 is 50.8 Å². The first-order chi connectivity index (χ1) is 25.6. The maximum absolute atomic E-state index is 13.6. The molecule has 1 heterocycles. The minimum atomic E-state index is -1.02. The topological polar surface area (TPSA) is 193 Å². The fourth-order valence-corrected chi connectivity index (χ4v) is 6.74. The number of nitrogens with two attached hydrogens (primary N) is 1. The van der Waals surface area contributed by atoms with E-state index >= 15 is 0 Å². The number of fused-ring (bicyclic) bond motifs is 2. The Bertz CT molecular complexity index is 1690. The summed E-state index contributed by atoms with van der Waals surface area (Å²) in [6, 6.07) is 7.97. The zero-order valence-corrected chi connectivity index (χ0v) is 33.0. The molecule has 2 aromatic rings. The van der Waals surface area contributed by atoms with Crippen LogP contribution in [0.25, 0.3) is 0 Å². The van der Waals surface area contributed by atoms with Crippen LogP contribution in [0.3, 0.4) is 0 Å². The molecule has 0 radical (unpaired) electrons. The summed E-state index contributed by atoms with van der Waals surface area (Å²) in [5, 5.41) is 39.7. The van der Waals surface area contributed by atoms with Gasteiger partial charge >= 0.3 is 6.09 Å². The predicted octanol–water partition coefficient (Wildman–Crippen LogP) is 6.09. The molecule has 296 valence electrons. The summed E-state index contributed by atoms with van der Waals surface area (Å²) in [4.78, 5) is 40.7. The summed E-state index contributed by atoms with van der Waals surface area (Å²) in [6.45, 7) is 8.06. The zero-order valence-electron chi connectivity index (χ0n) is 31.5. The fourth-order valence-electron chi connectivity index (χ4n) is 6.33. The number of alkyl halides is 2. The number of phenolic OH excluding ortho intramolecular Hbond substituents is 2. The van der Waals surface area contributed by atoms with Crippen molar-refractivity contribution < 1.29 is 43.9 Å². The molecule has 0 saturated carbocycles. The van der Waals surface area contributed by atoms with Crippen molar-refractivity contribution in [3.05, 3.63) is 76.9 Å². The molecule has 0 saturated heterocycles. The van der Waals surface area contributed by atoms with E-state index in [2.05, 4.69) is 10.6 Å². The number of phenols is 2. The van der Waals surface area contributed by atoms with Gasteiger partial charge in [-0.25, -0.2) is 4.79 Å². The number of aliphatic hydroxyl groups excluding tert-OH is 1. The number of hydrogen-bond donors (Lipinski definition) is 6. The second-order valence-electron chi connectivity index (χ2n) is 13.3. The van der Waals surface area contributed by atoms with Crippen LogP contribution >= 0.6 is 23.2 Å². The van der Waals surface area contributed by atoms with Gasteiger partial charge in [0, 0.05) is 73.4 Å². The van der Waals surface area contributed by atoms with Crippen LogP contribution in [0.4, 0.5) is 21.9 Å². The molecule has 0 spiro atoms. The SMILES string of the molecule is CO[C@H]1/C=C\C=C(/C)C(=O)Nc2cc(O)c(NC(=O)c3ccc(N(CCCl)CCCl)cc3)c(c2O)C[C@@H](C)C[C@H](OC)[C@H](O)[C@@H](C)/C=C(\C)[C@@H]1OC(N)=O. The summed E-state index contributed by atoms with van der Waals surface area (Å²) in [5.41, 5.74) is 7.34. The number of hydrogen-bond acceptors (Lipinski definition) is 10. The molecule has 2 bridgehead atoms. The highest BCUT2D eigenvalue weighted by atomic mass is 35.5. The molecular weight excluding hydrogens is 739 g/mol. The van der Waals surface area contributed by atoms with E-state index in [0.717, 1.165) is 11.8 Å². The number of allylic oxidation sites excluding steroid dienone is 2. The van der Waals surface area contributed by atoms with E-state index in [1.807, 2.05) is 11.8 Å². The highest BCUT2D eigenvalue weighted by molar-refractivity contribution is 6.18. The molecule has 0 unspecified atom stereocenters. The van der Waals surface area contributed by atoms with Crippen molar-refractivity contribution >= 4 is 58.2 Å². The highest BCUT2D eigenvalue weighted by Crippen LogP contribution is 2.43. The predicted molar refractivity (Wildman–Crippen MR) is 212 cm³/mol. The van der Waals surface area contributed by atoms with Crippen LogP contribution in [0.15, 0.2) is 65.8 Å². The molecule has 13 nitrogen and oxygen atoms in total. The normalized spacial score (nSPS) is 25.3. The van der Waals surface area contributed by atoms with Gasteiger partial charge in [0.2, 0.25) is 0 Å². The van der Waals surface area contributed by atoms with Crippen LogP contribution in [0.5, 0.6) is 11.5 Å². The summed E-state index contributed by atoms with van der Waals surface area (Å²) >= 11 is 11.9. The second kappa shape index (κ2) is 21.0. The first-order valence-electron chi connectivity index (χ1n) is 17.6. The lowest BCUT2D eigenvalue weighted by atomic mass is 9.87. The van der Waals surface area contributed by atoms with Crippen molar-refractivity contribution in [2.24, 2.45) is 17.6 Å². The van der Waals surface area contributed by atoms with Gasteiger partial charge in [-0.1, -0.05) is 38.2 Å². The molecule has 7 N–H and O–H groups in total. The highest BCUT2D eigenvalue weighted by Gasteiger charge is 2.30. The molecule has 0 fully saturated rings. The van der Waals surface area contributed by atoms with Gasteiger partial charge in [0.05, 0.1) is 23.6 Å². The lowest BCUT2D eigenvalue weighted by Gasteiger charge is -2.29. The summed E-state index contributed by atoms with van der Waals surface area (Å²) in [6.07, 6.45) is 2.26. The minimum absolute atomic E-state index is 0.0361. The van der Waals surface area contributed by atoms with Crippen molar-refractivity contribution in [1.82, 2.24) is 0 Å². The van der Waals surface area contributed by atoms with Crippen LogP contribution < -0.4 is 21.3 Å². The summed E-state index contributed by atoms with van der Waals surface area (Å²) in [5.74, 6) is -1.89. The van der Waals surface area contributed by atoms with E-state index in [1.165, 1.54) is 20.3 Å². The Balaban J connectivity index is 2.08. The third-order valence-electron chi connectivity index (χ3n) is 9.27. The smallest absolute Gasteiger partial charge is 0.405 e. The largest absolute Gasteiger partial charge is 0.506 e. The number of carbonyl (C=O) groups excluding carboxylic acids is 3. The number of anilines is 3. The standard InChI is InChI=1S/C39H52Cl2N4O9/c1-22-18-28-33(44-38(50)26-10-12-27(13-11-26)45(16-14-40)17-15-41)30(46)21-29(35(28)48)43-37(49)23(2)8-7-9-31(52-5)36(54-39(42)51)25(4)20-24(3)34(47)32(19-22)53-6/h7-13,20-22,24,31-32,34,36,46-48H,14-19H2,1-6H3,(H2,42,51)(H,43,49)(H,44,50)/b9-7-,23-8+,25-20+/t22-,24+,31+,32+,34-,36+/m1/s1. The molecule has 6 atom stereocenters. The minimum Gasteiger partial charge on any atom is -0.506 e. The van der Waals surface area contributed by atoms with Crippen molar-refractivity contribution in [3.8, 4) is 11.5 Å². The Morgan fingerprint density at radius 3 is 2.28 bits per heavy atom. The number of benzene rings is 2. The zero-order chi connectivity index (χ0) is 40.1. The maximum atomic E-state index is 13.6. The van der Waals surface area contributed by atoms with Gasteiger partial charge in [0.25, 0.3) is 11.8 Å². The third-order valence-corrected chi connectivity index (χ3v) is 9.61. The van der Waals surface area contributed by atoms with Crippen LogP contribution in [0.1, 0.15) is 50.0 Å². The van der Waals surface area contributed by atoms with Gasteiger partial charge in [0.15, 0.2) is 6.10 Å². The number of rotatable bonds is 10. The lowest BCUT2D eigenvalue weighted by Crippen LogP contribution is -2.37. The Morgan fingerprint density at radius 1 is 1.06 bits per heavy atom. The number of primary amides is 1. The molecule has 2 aromatic carbocycles. The van der Waals surface area contributed by atoms with Gasteiger partial charge in [-0.05, 0) is 62.4 Å². The molecular formula is C39H52Cl2N4O9. The Kier molecular flexibility index (Phi) is 17.2. The van der Waals surface area contributed by atoms with E-state index in [0.29, 0.717) is 30.4 Å². The van der Waals surface area contributed by atoms with E-state index in [-0.39, 0.29) is 58.3 Å². The van der Waals surface area contributed by atoms with E-state index in [9.17, 15) is 29.7 Å². The van der Waals surface area contributed by atoms with Crippen LogP contribution in [-0.2, 0) is 25.4 Å².